The van der Waals surface area contributed by atoms with Gasteiger partial charge in [-0.15, -0.1) is 0 Å². The third kappa shape index (κ3) is 5.39. The lowest BCUT2D eigenvalue weighted by molar-refractivity contribution is -0.124. The molecule has 0 atom stereocenters. The van der Waals surface area contributed by atoms with Crippen LogP contribution in [0.1, 0.15) is 46.4 Å². The summed E-state index contributed by atoms with van der Waals surface area (Å²) in [4.78, 5) is 39.5. The molecule has 2 aromatic rings. The Morgan fingerprint density at radius 3 is 2.34 bits per heavy atom. The first-order valence-corrected chi connectivity index (χ1v) is 11.7. The minimum Gasteiger partial charge on any atom is -0.497 e. The highest BCUT2D eigenvalue weighted by molar-refractivity contribution is 6.00. The maximum absolute atomic E-state index is 14.3. The van der Waals surface area contributed by atoms with E-state index in [0.29, 0.717) is 49.5 Å². The van der Waals surface area contributed by atoms with Gasteiger partial charge in [0.1, 0.15) is 22.7 Å². The van der Waals surface area contributed by atoms with Crippen LogP contribution in [0, 0.1) is 11.7 Å². The van der Waals surface area contributed by atoms with Gasteiger partial charge in [0.2, 0.25) is 5.91 Å². The van der Waals surface area contributed by atoms with Crippen molar-refractivity contribution in [2.75, 3.05) is 38.8 Å². The summed E-state index contributed by atoms with van der Waals surface area (Å²) in [7, 11) is 2.79. The molecule has 1 aliphatic carbocycles. The van der Waals surface area contributed by atoms with E-state index in [-0.39, 0.29) is 23.3 Å². The number of rotatable bonds is 8. The number of halogens is 1. The molecule has 0 spiro atoms. The molecule has 8 nitrogen and oxygen atoms in total. The Balaban J connectivity index is 1.28. The van der Waals surface area contributed by atoms with Crippen LogP contribution >= 0.6 is 0 Å². The highest BCUT2D eigenvalue weighted by atomic mass is 19.1. The highest BCUT2D eigenvalue weighted by Gasteiger charge is 2.51. The molecule has 2 fully saturated rings. The van der Waals surface area contributed by atoms with Crippen LogP contribution in [0.2, 0.25) is 0 Å². The summed E-state index contributed by atoms with van der Waals surface area (Å²) in [5.74, 6) is -0.845. The van der Waals surface area contributed by atoms with Crippen LogP contribution in [0.3, 0.4) is 0 Å². The van der Waals surface area contributed by atoms with Crippen LogP contribution in [0.5, 0.6) is 5.75 Å². The summed E-state index contributed by atoms with van der Waals surface area (Å²) in [6, 6.07) is 11.3. The number of esters is 1. The average molecular weight is 484 g/mol. The Hall–Kier alpha value is -3.62. The van der Waals surface area contributed by atoms with Gasteiger partial charge in [0, 0.05) is 25.2 Å². The molecule has 0 bridgehead atoms. The molecule has 4 rings (SSSR count). The Morgan fingerprint density at radius 1 is 1.06 bits per heavy atom. The van der Waals surface area contributed by atoms with Gasteiger partial charge in [0.25, 0.3) is 5.91 Å². The number of nitrogens with zero attached hydrogens (tertiary/aromatic N) is 1. The Bertz CT molecular complexity index is 1090. The van der Waals surface area contributed by atoms with Gasteiger partial charge in [-0.2, -0.15) is 0 Å². The van der Waals surface area contributed by atoms with Gasteiger partial charge in [-0.25, -0.2) is 9.18 Å². The van der Waals surface area contributed by atoms with E-state index in [1.54, 1.807) is 43.5 Å². The van der Waals surface area contributed by atoms with Crippen molar-refractivity contribution in [3.8, 4) is 5.75 Å². The first-order chi connectivity index (χ1) is 16.9. The maximum atomic E-state index is 14.3. The number of ether oxygens (including phenoxy) is 2. The van der Waals surface area contributed by atoms with Crippen molar-refractivity contribution in [2.45, 2.75) is 31.2 Å². The van der Waals surface area contributed by atoms with Crippen LogP contribution in [-0.2, 0) is 9.53 Å². The second-order valence-electron chi connectivity index (χ2n) is 9.03. The van der Waals surface area contributed by atoms with Gasteiger partial charge in [-0.05, 0) is 68.0 Å². The van der Waals surface area contributed by atoms with Crippen molar-refractivity contribution < 1.29 is 28.2 Å². The summed E-state index contributed by atoms with van der Waals surface area (Å²) in [5, 5.41) is 5.89. The second kappa shape index (κ2) is 10.3. The molecular weight excluding hydrogens is 453 g/mol. The molecule has 1 saturated heterocycles. The fourth-order valence-corrected chi connectivity index (χ4v) is 4.43. The average Bonchev–Trinajstić information content (AvgIpc) is 3.67. The minimum atomic E-state index is -0.852. The molecule has 9 heteroatoms. The van der Waals surface area contributed by atoms with Crippen LogP contribution in [-0.4, -0.2) is 57.2 Å². The van der Waals surface area contributed by atoms with Crippen molar-refractivity contribution in [3.63, 3.8) is 0 Å². The molecule has 1 heterocycles. The maximum Gasteiger partial charge on any atom is 0.342 e. The molecule has 2 aromatic carbocycles. The largest absolute Gasteiger partial charge is 0.497 e. The van der Waals surface area contributed by atoms with E-state index in [1.807, 2.05) is 4.90 Å². The van der Waals surface area contributed by atoms with E-state index in [0.717, 1.165) is 12.8 Å². The van der Waals surface area contributed by atoms with Gasteiger partial charge in [0.05, 0.1) is 19.9 Å². The zero-order valence-corrected chi connectivity index (χ0v) is 19.9. The quantitative estimate of drug-likeness (QED) is 0.561. The van der Waals surface area contributed by atoms with Crippen LogP contribution < -0.4 is 20.3 Å². The Morgan fingerprint density at radius 2 is 1.74 bits per heavy atom. The number of methoxy groups -OCH3 is 2. The molecule has 1 aliphatic heterocycles. The predicted molar refractivity (Wildman–Crippen MR) is 128 cm³/mol. The third-order valence-corrected chi connectivity index (χ3v) is 6.78. The number of anilines is 1. The van der Waals surface area contributed by atoms with Gasteiger partial charge in [0.15, 0.2) is 0 Å². The molecule has 0 radical (unpaired) electrons. The Labute approximate surface area is 203 Å². The van der Waals surface area contributed by atoms with Gasteiger partial charge in [-0.3, -0.25) is 9.59 Å². The molecule has 0 unspecified atom stereocenters. The fourth-order valence-electron chi connectivity index (χ4n) is 4.43. The van der Waals surface area contributed by atoms with Crippen LogP contribution in [0.25, 0.3) is 0 Å². The molecule has 2 aliphatic rings. The fraction of sp³-hybridized carbons (Fsp3) is 0.423. The molecule has 35 heavy (non-hydrogen) atoms. The van der Waals surface area contributed by atoms with Crippen molar-refractivity contribution >= 4 is 23.5 Å². The SMILES string of the molecule is COC(=O)c1c(F)cccc1N1CCC(CNC(=O)C2(NC(=O)c3ccc(OC)cc3)CC2)CC1. The lowest BCUT2D eigenvalue weighted by atomic mass is 9.95. The summed E-state index contributed by atoms with van der Waals surface area (Å²) in [5.41, 5.74) is 0.0952. The first-order valence-electron chi connectivity index (χ1n) is 11.7. The van der Waals surface area contributed by atoms with Crippen LogP contribution in [0.4, 0.5) is 10.1 Å². The van der Waals surface area contributed by atoms with E-state index in [1.165, 1.54) is 13.2 Å². The molecule has 0 aromatic heterocycles. The number of carbonyl (C=O) groups is 3. The van der Waals surface area contributed by atoms with E-state index >= 15 is 0 Å². The smallest absolute Gasteiger partial charge is 0.342 e. The number of hydrogen-bond donors (Lipinski definition) is 2. The normalized spacial score (nSPS) is 16.8. The van der Waals surface area contributed by atoms with Crippen molar-refractivity contribution in [3.05, 3.63) is 59.4 Å². The van der Waals surface area contributed by atoms with Crippen molar-refractivity contribution in [1.82, 2.24) is 10.6 Å². The first kappa shape index (κ1) is 24.5. The molecule has 2 amide bonds. The molecular formula is C26H30FN3O5. The van der Waals surface area contributed by atoms with E-state index in [4.69, 9.17) is 9.47 Å². The number of piperidine rings is 1. The number of hydrogen-bond acceptors (Lipinski definition) is 6. The Kier molecular flexibility index (Phi) is 7.23. The third-order valence-electron chi connectivity index (χ3n) is 6.78. The molecule has 1 saturated carbocycles. The van der Waals surface area contributed by atoms with E-state index < -0.39 is 17.3 Å². The molecule has 186 valence electrons. The van der Waals surface area contributed by atoms with Gasteiger partial charge >= 0.3 is 5.97 Å². The lowest BCUT2D eigenvalue weighted by Crippen LogP contribution is -2.50. The van der Waals surface area contributed by atoms with Gasteiger partial charge in [-0.1, -0.05) is 6.07 Å². The number of benzene rings is 2. The number of amides is 2. The predicted octanol–water partition coefficient (Wildman–Crippen LogP) is 2.92. The summed E-state index contributed by atoms with van der Waals surface area (Å²) in [6.07, 6.45) is 2.77. The lowest BCUT2D eigenvalue weighted by Gasteiger charge is -2.34. The van der Waals surface area contributed by atoms with E-state index in [9.17, 15) is 18.8 Å². The number of carbonyl (C=O) groups excluding carboxylic acids is 3. The summed E-state index contributed by atoms with van der Waals surface area (Å²) >= 11 is 0. The minimum absolute atomic E-state index is 0.0509. The topological polar surface area (TPSA) is 97.0 Å². The standard InChI is InChI=1S/C26H30FN3O5/c1-34-19-8-6-18(7-9-19)23(31)29-26(12-13-26)25(33)28-16-17-10-14-30(15-11-17)21-5-3-4-20(27)22(21)24(32)35-2/h3-9,17H,10-16H2,1-2H3,(H,28,33)(H,29,31). The monoisotopic (exact) mass is 483 g/mol. The zero-order chi connectivity index (χ0) is 25.0. The van der Waals surface area contributed by atoms with Crippen LogP contribution in [0.15, 0.2) is 42.5 Å². The van der Waals surface area contributed by atoms with E-state index in [2.05, 4.69) is 10.6 Å². The summed E-state index contributed by atoms with van der Waals surface area (Å²) in [6.45, 7) is 1.76. The second-order valence-corrected chi connectivity index (χ2v) is 9.03. The van der Waals surface area contributed by atoms with Gasteiger partial charge < -0.3 is 25.0 Å². The molecule has 2 N–H and O–H groups in total. The highest BCUT2D eigenvalue weighted by Crippen LogP contribution is 2.36. The summed E-state index contributed by atoms with van der Waals surface area (Å²) < 4.78 is 24.1. The van der Waals surface area contributed by atoms with Crippen molar-refractivity contribution in [2.24, 2.45) is 5.92 Å². The zero-order valence-electron chi connectivity index (χ0n) is 19.9. The number of nitrogens with one attached hydrogen (secondary N) is 2. The van der Waals surface area contributed by atoms with Crippen molar-refractivity contribution in [1.29, 1.82) is 0 Å².